The minimum absolute atomic E-state index is 0.106. The van der Waals surface area contributed by atoms with Crippen LogP contribution >= 0.6 is 0 Å². The van der Waals surface area contributed by atoms with Gasteiger partial charge in [-0.3, -0.25) is 4.79 Å². The molecular weight excluding hydrogens is 286 g/mol. The molecule has 0 saturated carbocycles. The van der Waals surface area contributed by atoms with Crippen molar-refractivity contribution in [3.8, 4) is 0 Å². The van der Waals surface area contributed by atoms with E-state index in [1.807, 2.05) is 30.3 Å². The topological polar surface area (TPSA) is 84.9 Å². The largest absolute Gasteiger partial charge is 0.481 e. The highest BCUT2D eigenvalue weighted by Crippen LogP contribution is 2.21. The van der Waals surface area contributed by atoms with Gasteiger partial charge in [0.25, 0.3) is 0 Å². The van der Waals surface area contributed by atoms with Crippen molar-refractivity contribution in [3.05, 3.63) is 35.9 Å². The number of ether oxygens (including phenoxy) is 2. The average Bonchev–Trinajstić information content (AvgIpc) is 2.54. The van der Waals surface area contributed by atoms with Crippen molar-refractivity contribution in [2.75, 3.05) is 13.2 Å². The van der Waals surface area contributed by atoms with E-state index in [0.717, 1.165) is 18.4 Å². The number of carboxylic acid groups (broad SMARTS) is 1. The molecule has 0 aromatic heterocycles. The summed E-state index contributed by atoms with van der Waals surface area (Å²) in [6, 6.07) is 8.92. The van der Waals surface area contributed by atoms with Crippen LogP contribution in [0.2, 0.25) is 0 Å². The van der Waals surface area contributed by atoms with E-state index in [9.17, 15) is 9.59 Å². The summed E-state index contributed by atoms with van der Waals surface area (Å²) in [6.07, 6.45) is 0.806. The molecule has 1 aliphatic rings. The fourth-order valence-corrected chi connectivity index (χ4v) is 2.56. The number of aliphatic carboxylic acids is 1. The van der Waals surface area contributed by atoms with Crippen LogP contribution in [-0.2, 0) is 20.9 Å². The molecular formula is C16H21NO5. The van der Waals surface area contributed by atoms with E-state index < -0.39 is 18.1 Å². The minimum atomic E-state index is -0.931. The van der Waals surface area contributed by atoms with Crippen LogP contribution in [0.4, 0.5) is 4.79 Å². The summed E-state index contributed by atoms with van der Waals surface area (Å²) in [7, 11) is 0. The maximum absolute atomic E-state index is 11.9. The van der Waals surface area contributed by atoms with Gasteiger partial charge in [0, 0.05) is 19.3 Å². The van der Waals surface area contributed by atoms with Crippen molar-refractivity contribution >= 4 is 12.1 Å². The standard InChI is InChI=1S/C16H21NO5/c18-15(19)10-14(13-6-8-21-9-7-13)17-16(20)22-11-12-4-2-1-3-5-12/h1-5,13-14H,6-11H2,(H,17,20)(H,18,19). The van der Waals surface area contributed by atoms with Gasteiger partial charge in [0.05, 0.1) is 6.42 Å². The molecule has 1 atom stereocenters. The first-order valence-electron chi connectivity index (χ1n) is 7.42. The molecule has 1 amide bonds. The molecule has 120 valence electrons. The number of alkyl carbamates (subject to hydrolysis) is 1. The minimum Gasteiger partial charge on any atom is -0.481 e. The molecule has 1 aromatic carbocycles. The Hall–Kier alpha value is -2.08. The molecule has 0 aliphatic carbocycles. The SMILES string of the molecule is O=C(O)CC(NC(=O)OCc1ccccc1)C1CCOCC1. The molecule has 6 heteroatoms. The molecule has 2 N–H and O–H groups in total. The third-order valence-corrected chi connectivity index (χ3v) is 3.75. The van der Waals surface area contributed by atoms with Gasteiger partial charge >= 0.3 is 12.1 Å². The highest BCUT2D eigenvalue weighted by Gasteiger charge is 2.27. The maximum Gasteiger partial charge on any atom is 0.407 e. The summed E-state index contributed by atoms with van der Waals surface area (Å²) in [5.74, 6) is -0.825. The van der Waals surface area contributed by atoms with Crippen LogP contribution in [0.5, 0.6) is 0 Å². The second-order valence-corrected chi connectivity index (χ2v) is 5.36. The van der Waals surface area contributed by atoms with Gasteiger partial charge in [-0.25, -0.2) is 4.79 Å². The zero-order valence-corrected chi connectivity index (χ0v) is 12.4. The van der Waals surface area contributed by atoms with Crippen LogP contribution in [-0.4, -0.2) is 36.4 Å². The molecule has 1 aromatic rings. The molecule has 2 rings (SSSR count). The Bertz CT molecular complexity index is 485. The van der Waals surface area contributed by atoms with Gasteiger partial charge in [-0.15, -0.1) is 0 Å². The molecule has 0 bridgehead atoms. The lowest BCUT2D eigenvalue weighted by molar-refractivity contribution is -0.138. The zero-order chi connectivity index (χ0) is 15.8. The van der Waals surface area contributed by atoms with E-state index in [2.05, 4.69) is 5.32 Å². The van der Waals surface area contributed by atoms with Crippen molar-refractivity contribution in [2.45, 2.75) is 31.9 Å². The van der Waals surface area contributed by atoms with Crippen molar-refractivity contribution in [1.82, 2.24) is 5.32 Å². The van der Waals surface area contributed by atoms with Crippen molar-refractivity contribution in [1.29, 1.82) is 0 Å². The van der Waals surface area contributed by atoms with E-state index in [4.69, 9.17) is 14.6 Å². The van der Waals surface area contributed by atoms with Gasteiger partial charge in [0.15, 0.2) is 0 Å². The molecule has 0 spiro atoms. The third kappa shape index (κ3) is 5.37. The van der Waals surface area contributed by atoms with E-state index in [-0.39, 0.29) is 18.9 Å². The maximum atomic E-state index is 11.9. The number of rotatable bonds is 6. The number of benzene rings is 1. The Labute approximate surface area is 129 Å². The number of carbonyl (C=O) groups excluding carboxylic acids is 1. The summed E-state index contributed by atoms with van der Waals surface area (Å²) in [5, 5.41) is 11.7. The fraction of sp³-hybridized carbons (Fsp3) is 0.500. The Kier molecular flexibility index (Phi) is 6.21. The Morgan fingerprint density at radius 2 is 1.95 bits per heavy atom. The Morgan fingerprint density at radius 1 is 1.27 bits per heavy atom. The lowest BCUT2D eigenvalue weighted by Crippen LogP contribution is -2.43. The van der Waals surface area contributed by atoms with Gasteiger partial charge in [-0.1, -0.05) is 30.3 Å². The molecule has 6 nitrogen and oxygen atoms in total. The predicted octanol–water partition coefficient (Wildman–Crippen LogP) is 2.18. The first kappa shape index (κ1) is 16.3. The third-order valence-electron chi connectivity index (χ3n) is 3.75. The molecule has 1 heterocycles. The predicted molar refractivity (Wildman–Crippen MR) is 79.3 cm³/mol. The van der Waals surface area contributed by atoms with E-state index in [0.29, 0.717) is 13.2 Å². The van der Waals surface area contributed by atoms with Crippen molar-refractivity contribution < 1.29 is 24.2 Å². The van der Waals surface area contributed by atoms with Gasteiger partial charge in [-0.05, 0) is 24.3 Å². The molecule has 22 heavy (non-hydrogen) atoms. The number of nitrogens with one attached hydrogen (secondary N) is 1. The van der Waals surface area contributed by atoms with E-state index in [1.165, 1.54) is 0 Å². The number of carbonyl (C=O) groups is 2. The monoisotopic (exact) mass is 307 g/mol. The summed E-state index contributed by atoms with van der Waals surface area (Å²) >= 11 is 0. The number of hydrogen-bond acceptors (Lipinski definition) is 4. The first-order chi connectivity index (χ1) is 10.6. The van der Waals surface area contributed by atoms with Gasteiger partial charge < -0.3 is 19.9 Å². The van der Waals surface area contributed by atoms with Gasteiger partial charge in [0.2, 0.25) is 0 Å². The van der Waals surface area contributed by atoms with E-state index >= 15 is 0 Å². The number of amides is 1. The quantitative estimate of drug-likeness (QED) is 0.841. The lowest BCUT2D eigenvalue weighted by Gasteiger charge is -2.29. The van der Waals surface area contributed by atoms with Crippen LogP contribution in [0.3, 0.4) is 0 Å². The summed E-state index contributed by atoms with van der Waals surface area (Å²) < 4.78 is 10.4. The molecule has 0 radical (unpaired) electrons. The van der Waals surface area contributed by atoms with Crippen LogP contribution in [0.1, 0.15) is 24.8 Å². The number of hydrogen-bond donors (Lipinski definition) is 2. The Balaban J connectivity index is 1.85. The molecule has 1 saturated heterocycles. The molecule has 1 unspecified atom stereocenters. The van der Waals surface area contributed by atoms with E-state index in [1.54, 1.807) is 0 Å². The summed E-state index contributed by atoms with van der Waals surface area (Å²) in [5.41, 5.74) is 0.888. The van der Waals surface area contributed by atoms with Gasteiger partial charge in [0.1, 0.15) is 6.61 Å². The van der Waals surface area contributed by atoms with Crippen molar-refractivity contribution in [2.24, 2.45) is 5.92 Å². The fourth-order valence-electron chi connectivity index (χ4n) is 2.56. The second-order valence-electron chi connectivity index (χ2n) is 5.36. The van der Waals surface area contributed by atoms with Gasteiger partial charge in [-0.2, -0.15) is 0 Å². The lowest BCUT2D eigenvalue weighted by atomic mass is 9.90. The van der Waals surface area contributed by atoms with Crippen LogP contribution in [0.15, 0.2) is 30.3 Å². The van der Waals surface area contributed by atoms with Crippen LogP contribution < -0.4 is 5.32 Å². The van der Waals surface area contributed by atoms with Crippen LogP contribution in [0, 0.1) is 5.92 Å². The van der Waals surface area contributed by atoms with Crippen LogP contribution in [0.25, 0.3) is 0 Å². The first-order valence-corrected chi connectivity index (χ1v) is 7.42. The van der Waals surface area contributed by atoms with Crippen molar-refractivity contribution in [3.63, 3.8) is 0 Å². The normalized spacial score (nSPS) is 16.7. The summed E-state index contributed by atoms with van der Waals surface area (Å²) in [6.45, 7) is 1.36. The average molecular weight is 307 g/mol. The highest BCUT2D eigenvalue weighted by molar-refractivity contribution is 5.71. The zero-order valence-electron chi connectivity index (χ0n) is 12.4. The summed E-state index contributed by atoms with van der Waals surface area (Å²) in [4.78, 5) is 22.9. The molecule has 1 fully saturated rings. The smallest absolute Gasteiger partial charge is 0.407 e. The Morgan fingerprint density at radius 3 is 2.59 bits per heavy atom. The number of carboxylic acids is 1. The second kappa shape index (κ2) is 8.38. The highest BCUT2D eigenvalue weighted by atomic mass is 16.5. The molecule has 1 aliphatic heterocycles.